The minimum absolute atomic E-state index is 0.363. The van der Waals surface area contributed by atoms with E-state index in [1.807, 2.05) is 13.8 Å². The van der Waals surface area contributed by atoms with Crippen molar-refractivity contribution in [2.24, 2.45) is 0 Å². The Morgan fingerprint density at radius 3 is 0.650 bits per heavy atom. The standard InChI is InChI=1S/C38H24.C2H6/c1-5-17-29-25(13-1)26-14-2-6-18-30(26)37(29)33-21-9-11-23-35(33)38(36-24-12-10-22-34(36)37)31-19-7-3-15-27(31)28-16-4-8-20-32(28)38;1-2/h1-24H;1-2H3. The van der Waals surface area contributed by atoms with Crippen molar-refractivity contribution < 1.29 is 0 Å². The van der Waals surface area contributed by atoms with Gasteiger partial charge < -0.3 is 0 Å². The fourth-order valence-corrected chi connectivity index (χ4v) is 8.20. The van der Waals surface area contributed by atoms with Crippen LogP contribution in [-0.2, 0) is 10.8 Å². The number of rotatable bonds is 0. The lowest BCUT2D eigenvalue weighted by Crippen LogP contribution is -2.43. The second kappa shape index (κ2) is 8.41. The van der Waals surface area contributed by atoms with Crippen LogP contribution in [-0.4, -0.2) is 0 Å². The van der Waals surface area contributed by atoms with Gasteiger partial charge in [0.1, 0.15) is 0 Å². The molecule has 0 nitrogen and oxygen atoms in total. The molecule has 0 bridgehead atoms. The van der Waals surface area contributed by atoms with Crippen LogP contribution in [0.15, 0.2) is 146 Å². The molecule has 0 heterocycles. The van der Waals surface area contributed by atoms with Crippen molar-refractivity contribution in [3.8, 4) is 22.3 Å². The summed E-state index contributed by atoms with van der Waals surface area (Å²) in [6.45, 7) is 4.00. The monoisotopic (exact) mass is 510 g/mol. The zero-order chi connectivity index (χ0) is 26.9. The lowest BCUT2D eigenvalue weighted by molar-refractivity contribution is 0.633. The fraction of sp³-hybridized carbons (Fsp3) is 0.100. The molecule has 3 aliphatic carbocycles. The van der Waals surface area contributed by atoms with Gasteiger partial charge in [0, 0.05) is 0 Å². The van der Waals surface area contributed by atoms with Gasteiger partial charge in [0.25, 0.3) is 0 Å². The molecule has 3 aliphatic rings. The van der Waals surface area contributed by atoms with E-state index in [1.165, 1.54) is 66.8 Å². The number of fused-ring (bicyclic) bond motifs is 16. The minimum Gasteiger partial charge on any atom is -0.0683 e. The van der Waals surface area contributed by atoms with E-state index in [4.69, 9.17) is 0 Å². The van der Waals surface area contributed by atoms with Crippen molar-refractivity contribution in [3.05, 3.63) is 190 Å². The summed E-state index contributed by atoms with van der Waals surface area (Å²) in [7, 11) is 0. The van der Waals surface area contributed by atoms with E-state index in [0.717, 1.165) is 0 Å². The molecular weight excluding hydrogens is 480 g/mol. The lowest BCUT2D eigenvalue weighted by atomic mass is 9.52. The van der Waals surface area contributed by atoms with Crippen LogP contribution in [0.3, 0.4) is 0 Å². The van der Waals surface area contributed by atoms with Gasteiger partial charge in [-0.25, -0.2) is 0 Å². The van der Waals surface area contributed by atoms with Crippen LogP contribution in [0, 0.1) is 0 Å². The Kier molecular flexibility index (Phi) is 4.88. The van der Waals surface area contributed by atoms with Crippen molar-refractivity contribution in [1.82, 2.24) is 0 Å². The highest BCUT2D eigenvalue weighted by Crippen LogP contribution is 2.67. The molecule has 9 rings (SSSR count). The second-order valence-corrected chi connectivity index (χ2v) is 10.8. The molecule has 0 aromatic heterocycles. The summed E-state index contributed by atoms with van der Waals surface area (Å²) in [4.78, 5) is 0. The highest BCUT2D eigenvalue weighted by atomic mass is 14.6. The van der Waals surface area contributed by atoms with Crippen molar-refractivity contribution in [2.75, 3.05) is 0 Å². The van der Waals surface area contributed by atoms with Crippen molar-refractivity contribution >= 4 is 0 Å². The predicted octanol–water partition coefficient (Wildman–Crippen LogP) is 9.75. The zero-order valence-electron chi connectivity index (χ0n) is 22.9. The molecule has 0 aliphatic heterocycles. The molecule has 0 N–H and O–H groups in total. The van der Waals surface area contributed by atoms with Crippen molar-refractivity contribution in [2.45, 2.75) is 24.7 Å². The SMILES string of the molecule is CC.c1ccc2c(c1)-c1ccccc1C21c2ccccc2C2(c3ccccc3-c3ccccc32)c2ccccc21. The third kappa shape index (κ3) is 2.53. The first-order valence-corrected chi connectivity index (χ1v) is 14.5. The van der Waals surface area contributed by atoms with Gasteiger partial charge >= 0.3 is 0 Å². The van der Waals surface area contributed by atoms with Gasteiger partial charge in [0.05, 0.1) is 10.8 Å². The smallest absolute Gasteiger partial charge is 0.0683 e. The maximum absolute atomic E-state index is 2.40. The van der Waals surface area contributed by atoms with Gasteiger partial charge in [-0.2, -0.15) is 0 Å². The Labute approximate surface area is 236 Å². The lowest BCUT2D eigenvalue weighted by Gasteiger charge is -2.48. The van der Waals surface area contributed by atoms with Gasteiger partial charge in [0.15, 0.2) is 0 Å². The zero-order valence-corrected chi connectivity index (χ0v) is 22.9. The Hall–Kier alpha value is -4.68. The first-order chi connectivity index (χ1) is 19.9. The molecule has 40 heavy (non-hydrogen) atoms. The van der Waals surface area contributed by atoms with Crippen LogP contribution in [0.25, 0.3) is 22.3 Å². The molecule has 190 valence electrons. The quantitative estimate of drug-likeness (QED) is 0.190. The maximum Gasteiger partial charge on any atom is 0.0720 e. The van der Waals surface area contributed by atoms with Crippen molar-refractivity contribution in [3.63, 3.8) is 0 Å². The largest absolute Gasteiger partial charge is 0.0720 e. The molecule has 0 atom stereocenters. The van der Waals surface area contributed by atoms with E-state index in [9.17, 15) is 0 Å². The molecule has 0 saturated heterocycles. The highest BCUT2D eigenvalue weighted by molar-refractivity contribution is 5.93. The highest BCUT2D eigenvalue weighted by Gasteiger charge is 2.58. The van der Waals surface area contributed by atoms with Crippen LogP contribution < -0.4 is 0 Å². The maximum atomic E-state index is 2.40. The topological polar surface area (TPSA) is 0 Å². The van der Waals surface area contributed by atoms with Crippen LogP contribution >= 0.6 is 0 Å². The molecule has 6 aromatic rings. The van der Waals surface area contributed by atoms with E-state index in [0.29, 0.717) is 0 Å². The molecular formula is C40H30. The number of benzene rings is 6. The summed E-state index contributed by atoms with van der Waals surface area (Å²) in [5, 5.41) is 0. The third-order valence-corrected chi connectivity index (χ3v) is 9.37. The fourth-order valence-electron chi connectivity index (χ4n) is 8.20. The van der Waals surface area contributed by atoms with Gasteiger partial charge in [-0.3, -0.25) is 0 Å². The van der Waals surface area contributed by atoms with E-state index < -0.39 is 0 Å². The summed E-state index contributed by atoms with van der Waals surface area (Å²) in [6.07, 6.45) is 0. The van der Waals surface area contributed by atoms with Gasteiger partial charge in [-0.15, -0.1) is 0 Å². The Balaban J connectivity index is 0.00000120. The first kappa shape index (κ1) is 23.2. The van der Waals surface area contributed by atoms with Crippen LogP contribution in [0.2, 0.25) is 0 Å². The third-order valence-electron chi connectivity index (χ3n) is 9.37. The van der Waals surface area contributed by atoms with Gasteiger partial charge in [-0.05, 0) is 66.8 Å². The van der Waals surface area contributed by atoms with Crippen LogP contribution in [0.4, 0.5) is 0 Å². The summed E-state index contributed by atoms with van der Waals surface area (Å²) in [6, 6.07) is 54.7. The van der Waals surface area contributed by atoms with Crippen molar-refractivity contribution in [1.29, 1.82) is 0 Å². The van der Waals surface area contributed by atoms with Crippen LogP contribution in [0.1, 0.15) is 58.4 Å². The Morgan fingerprint density at radius 2 is 0.425 bits per heavy atom. The summed E-state index contributed by atoms with van der Waals surface area (Å²) in [5.74, 6) is 0. The Morgan fingerprint density at radius 1 is 0.250 bits per heavy atom. The Bertz CT molecular complexity index is 1650. The summed E-state index contributed by atoms with van der Waals surface area (Å²) >= 11 is 0. The normalized spacial score (nSPS) is 15.2. The molecule has 0 radical (unpaired) electrons. The first-order valence-electron chi connectivity index (χ1n) is 14.5. The molecule has 6 aromatic carbocycles. The molecule has 0 saturated carbocycles. The van der Waals surface area contributed by atoms with Gasteiger partial charge in [-0.1, -0.05) is 159 Å². The number of hydrogen-bond donors (Lipinski definition) is 0. The molecule has 0 heteroatoms. The summed E-state index contributed by atoms with van der Waals surface area (Å²) < 4.78 is 0. The van der Waals surface area contributed by atoms with E-state index in [2.05, 4.69) is 146 Å². The van der Waals surface area contributed by atoms with E-state index in [1.54, 1.807) is 0 Å². The molecule has 0 fully saturated rings. The average molecular weight is 511 g/mol. The predicted molar refractivity (Wildman–Crippen MR) is 166 cm³/mol. The van der Waals surface area contributed by atoms with Crippen LogP contribution in [0.5, 0.6) is 0 Å². The van der Waals surface area contributed by atoms with Gasteiger partial charge in [0.2, 0.25) is 0 Å². The molecule has 0 unspecified atom stereocenters. The van der Waals surface area contributed by atoms with E-state index >= 15 is 0 Å². The average Bonchev–Trinajstić information content (AvgIpc) is 3.50. The minimum atomic E-state index is -0.363. The summed E-state index contributed by atoms with van der Waals surface area (Å²) in [5.41, 5.74) is 15.8. The molecule has 0 amide bonds. The molecule has 2 spiro atoms. The van der Waals surface area contributed by atoms with E-state index in [-0.39, 0.29) is 10.8 Å². The number of hydrogen-bond acceptors (Lipinski definition) is 0. The second-order valence-electron chi connectivity index (χ2n) is 10.8.